The number of ether oxygens (including phenoxy) is 1. The zero-order valence-corrected chi connectivity index (χ0v) is 20.4. The van der Waals surface area contributed by atoms with Gasteiger partial charge in [0.05, 0.1) is 30.1 Å². The number of nitrogens with one attached hydrogen (secondary N) is 1. The summed E-state index contributed by atoms with van der Waals surface area (Å²) in [7, 11) is 1.46. The highest BCUT2D eigenvalue weighted by molar-refractivity contribution is 5.88. The molecule has 1 fully saturated rings. The molecule has 1 unspecified atom stereocenters. The molecule has 5 rings (SSSR count). The Kier molecular flexibility index (Phi) is 7.61. The van der Waals surface area contributed by atoms with Crippen LogP contribution in [-0.4, -0.2) is 64.2 Å². The van der Waals surface area contributed by atoms with Crippen molar-refractivity contribution in [3.05, 3.63) is 56.9 Å². The normalized spacial score (nSPS) is 15.8. The maximum Gasteiger partial charge on any atom is 0.257 e. The van der Waals surface area contributed by atoms with E-state index in [4.69, 9.17) is 9.72 Å². The lowest BCUT2D eigenvalue weighted by atomic mass is 10.0. The van der Waals surface area contributed by atoms with Crippen molar-refractivity contribution in [1.82, 2.24) is 19.8 Å². The predicted molar refractivity (Wildman–Crippen MR) is 133 cm³/mol. The maximum atomic E-state index is 13.2. The minimum Gasteiger partial charge on any atom is -0.508 e. The first-order chi connectivity index (χ1) is 17.0. The van der Waals surface area contributed by atoms with E-state index in [0.29, 0.717) is 30.8 Å². The van der Waals surface area contributed by atoms with Crippen molar-refractivity contribution in [3.8, 4) is 17.1 Å². The maximum absolute atomic E-state index is 13.2. The number of aldehydes is 1. The first-order valence-electron chi connectivity index (χ1n) is 12.0. The van der Waals surface area contributed by atoms with E-state index in [-0.39, 0.29) is 29.0 Å². The zero-order valence-electron chi connectivity index (χ0n) is 20.4. The van der Waals surface area contributed by atoms with Gasteiger partial charge >= 0.3 is 0 Å². The number of carbonyl (C=O) groups excluding carboxylic acids is 1. The highest BCUT2D eigenvalue weighted by Gasteiger charge is 2.28. The van der Waals surface area contributed by atoms with Crippen LogP contribution in [0.25, 0.3) is 22.3 Å². The van der Waals surface area contributed by atoms with Gasteiger partial charge in [-0.1, -0.05) is 13.8 Å². The zero-order chi connectivity index (χ0) is 25.1. The summed E-state index contributed by atoms with van der Waals surface area (Å²) in [6.07, 6.45) is -1.01. The summed E-state index contributed by atoms with van der Waals surface area (Å²) in [4.78, 5) is 31.6. The number of pyridine rings is 2. The smallest absolute Gasteiger partial charge is 0.257 e. The van der Waals surface area contributed by atoms with Crippen LogP contribution >= 0.6 is 0 Å². The van der Waals surface area contributed by atoms with Crippen LogP contribution < -0.4 is 10.9 Å². The highest BCUT2D eigenvalue weighted by atomic mass is 16.5. The van der Waals surface area contributed by atoms with Crippen molar-refractivity contribution in [2.24, 2.45) is 0 Å². The van der Waals surface area contributed by atoms with Gasteiger partial charge in [0.15, 0.2) is 6.29 Å². The number of phenolic OH excluding ortho intramolecular Hbond substituents is 1. The number of methoxy groups -OCH3 is 1. The van der Waals surface area contributed by atoms with E-state index in [2.05, 4.69) is 10.2 Å². The molecule has 3 aromatic rings. The standard InChI is InChI=1S/C24H26N4O5.C2H6/c1-33-13-18-16(22(31)12-29)9-20-23-14(10-28(20)24(18)32)8-15-17(11-27-6-4-25-5-7-27)21(30)3-2-19(15)26-23;1-2/h2-3,8-9,12,22,25,30-31H,4-7,10-11,13H2,1H3;1-2H3. The molecule has 186 valence electrons. The number of nitrogens with zero attached hydrogens (tertiary/aromatic N) is 3. The molecule has 0 amide bonds. The van der Waals surface area contributed by atoms with Gasteiger partial charge in [0, 0.05) is 67.5 Å². The lowest BCUT2D eigenvalue weighted by molar-refractivity contribution is -0.115. The minimum atomic E-state index is -1.42. The summed E-state index contributed by atoms with van der Waals surface area (Å²) >= 11 is 0. The van der Waals surface area contributed by atoms with Crippen LogP contribution in [0.4, 0.5) is 0 Å². The number of aromatic nitrogens is 2. The fraction of sp³-hybridized carbons (Fsp3) is 0.423. The average Bonchev–Trinajstić information content (AvgIpc) is 3.25. The molecule has 2 aliphatic heterocycles. The fourth-order valence-electron chi connectivity index (χ4n) is 4.79. The number of carbonyl (C=O) groups is 1. The second kappa shape index (κ2) is 10.7. The molecule has 1 atom stereocenters. The Balaban J connectivity index is 0.00000141. The van der Waals surface area contributed by atoms with Crippen molar-refractivity contribution in [2.75, 3.05) is 33.3 Å². The van der Waals surface area contributed by atoms with E-state index >= 15 is 0 Å². The van der Waals surface area contributed by atoms with Crippen molar-refractivity contribution in [1.29, 1.82) is 0 Å². The summed E-state index contributed by atoms with van der Waals surface area (Å²) in [6.45, 7) is 8.56. The second-order valence-corrected chi connectivity index (χ2v) is 8.52. The number of piperazine rings is 1. The van der Waals surface area contributed by atoms with Crippen LogP contribution in [0.1, 0.15) is 42.2 Å². The second-order valence-electron chi connectivity index (χ2n) is 8.52. The third-order valence-corrected chi connectivity index (χ3v) is 6.50. The molecule has 9 nitrogen and oxygen atoms in total. The van der Waals surface area contributed by atoms with Gasteiger partial charge in [-0.3, -0.25) is 9.69 Å². The van der Waals surface area contributed by atoms with Crippen molar-refractivity contribution in [2.45, 2.75) is 39.6 Å². The Morgan fingerprint density at radius 2 is 1.94 bits per heavy atom. The Hall–Kier alpha value is -3.11. The van der Waals surface area contributed by atoms with Crippen molar-refractivity contribution in [3.63, 3.8) is 0 Å². The van der Waals surface area contributed by atoms with Crippen LogP contribution in [0.5, 0.6) is 5.75 Å². The number of hydrogen-bond donors (Lipinski definition) is 3. The molecule has 0 spiro atoms. The molecule has 2 aromatic heterocycles. The average molecular weight is 481 g/mol. The number of phenols is 1. The molecular weight excluding hydrogens is 448 g/mol. The number of aromatic hydroxyl groups is 1. The molecule has 2 aliphatic rings. The lowest BCUT2D eigenvalue weighted by Gasteiger charge is -2.27. The molecule has 1 aromatic carbocycles. The van der Waals surface area contributed by atoms with Crippen LogP contribution in [-0.2, 0) is 29.2 Å². The summed E-state index contributed by atoms with van der Waals surface area (Å²) < 4.78 is 6.75. The van der Waals surface area contributed by atoms with E-state index in [9.17, 15) is 19.8 Å². The number of benzene rings is 1. The minimum absolute atomic E-state index is 0.00614. The molecule has 3 N–H and O–H groups in total. The van der Waals surface area contributed by atoms with Crippen LogP contribution in [0.3, 0.4) is 0 Å². The molecule has 9 heteroatoms. The van der Waals surface area contributed by atoms with Gasteiger partial charge in [0.2, 0.25) is 0 Å². The Labute approximate surface area is 204 Å². The number of rotatable bonds is 6. The lowest BCUT2D eigenvalue weighted by Crippen LogP contribution is -2.42. The molecule has 4 heterocycles. The predicted octanol–water partition coefficient (Wildman–Crippen LogP) is 1.94. The van der Waals surface area contributed by atoms with Crippen molar-refractivity contribution >= 4 is 17.2 Å². The summed E-state index contributed by atoms with van der Waals surface area (Å²) in [5.74, 6) is 0.231. The molecule has 0 saturated carbocycles. The van der Waals surface area contributed by atoms with Crippen molar-refractivity contribution < 1.29 is 19.7 Å². The third kappa shape index (κ3) is 4.60. The third-order valence-electron chi connectivity index (χ3n) is 6.50. The van der Waals surface area contributed by atoms with E-state index < -0.39 is 6.10 Å². The number of aliphatic hydroxyl groups is 1. The van der Waals surface area contributed by atoms with Gasteiger partial charge < -0.3 is 29.6 Å². The first kappa shape index (κ1) is 25.0. The van der Waals surface area contributed by atoms with Crippen LogP contribution in [0.15, 0.2) is 29.1 Å². The SMILES string of the molecule is CC.COCc1c(C(O)C=O)cc2n(c1=O)Cc1cc3c(CN4CCNCC4)c(O)ccc3nc1-2. The van der Waals surface area contributed by atoms with E-state index in [0.717, 1.165) is 48.2 Å². The fourth-order valence-corrected chi connectivity index (χ4v) is 4.79. The van der Waals surface area contributed by atoms with E-state index in [1.54, 1.807) is 22.8 Å². The van der Waals surface area contributed by atoms with Gasteiger partial charge in [0.25, 0.3) is 5.56 Å². The Morgan fingerprint density at radius 3 is 2.63 bits per heavy atom. The van der Waals surface area contributed by atoms with E-state index in [1.165, 1.54) is 7.11 Å². The first-order valence-corrected chi connectivity index (χ1v) is 12.0. The molecular formula is C26H32N4O5. The monoisotopic (exact) mass is 480 g/mol. The largest absolute Gasteiger partial charge is 0.508 e. The van der Waals surface area contributed by atoms with Gasteiger partial charge in [0.1, 0.15) is 11.9 Å². The highest BCUT2D eigenvalue weighted by Crippen LogP contribution is 2.36. The molecule has 35 heavy (non-hydrogen) atoms. The number of hydrogen-bond acceptors (Lipinski definition) is 8. The van der Waals surface area contributed by atoms with Gasteiger partial charge in [-0.05, 0) is 24.3 Å². The van der Waals surface area contributed by atoms with E-state index in [1.807, 2.05) is 19.9 Å². The summed E-state index contributed by atoms with van der Waals surface area (Å²) in [5, 5.41) is 25.0. The number of fused-ring (bicyclic) bond motifs is 4. The van der Waals surface area contributed by atoms with Crippen LogP contribution in [0, 0.1) is 0 Å². The Morgan fingerprint density at radius 1 is 1.20 bits per heavy atom. The quantitative estimate of drug-likeness (QED) is 0.359. The van der Waals surface area contributed by atoms with Gasteiger partial charge in [-0.15, -0.1) is 0 Å². The van der Waals surface area contributed by atoms with Gasteiger partial charge in [-0.25, -0.2) is 4.98 Å². The molecule has 0 bridgehead atoms. The topological polar surface area (TPSA) is 117 Å². The van der Waals surface area contributed by atoms with Gasteiger partial charge in [-0.2, -0.15) is 0 Å². The summed E-state index contributed by atoms with van der Waals surface area (Å²) in [5.41, 5.74) is 3.79. The molecule has 1 saturated heterocycles. The molecule has 0 aliphatic carbocycles. The molecule has 0 radical (unpaired) electrons. The van der Waals surface area contributed by atoms with Crippen LogP contribution in [0.2, 0.25) is 0 Å². The number of aliphatic hydroxyl groups excluding tert-OH is 1. The Bertz CT molecular complexity index is 1300. The summed E-state index contributed by atoms with van der Waals surface area (Å²) in [6, 6.07) is 7.08.